The minimum absolute atomic E-state index is 0.123. The number of ether oxygens (including phenoxy) is 2. The van der Waals surface area contributed by atoms with Gasteiger partial charge in [-0.15, -0.1) is 0 Å². The van der Waals surface area contributed by atoms with Gasteiger partial charge < -0.3 is 20.1 Å². The van der Waals surface area contributed by atoms with Gasteiger partial charge in [-0.25, -0.2) is 22.4 Å². The van der Waals surface area contributed by atoms with Gasteiger partial charge in [-0.3, -0.25) is 29.8 Å². The summed E-state index contributed by atoms with van der Waals surface area (Å²) in [7, 11) is 1.53. The van der Waals surface area contributed by atoms with E-state index in [-0.39, 0.29) is 30.6 Å². The predicted molar refractivity (Wildman–Crippen MR) is 188 cm³/mol. The third kappa shape index (κ3) is 14.1. The predicted octanol–water partition coefficient (Wildman–Crippen LogP) is 5.49. The van der Waals surface area contributed by atoms with Gasteiger partial charge >= 0.3 is 5.97 Å². The van der Waals surface area contributed by atoms with Crippen molar-refractivity contribution in [1.82, 2.24) is 10.6 Å². The van der Waals surface area contributed by atoms with Crippen molar-refractivity contribution in [1.29, 1.82) is 0 Å². The molecule has 4 aromatic rings. The second kappa shape index (κ2) is 20.0. The number of carbonyl (C=O) groups excluding carboxylic acids is 5. The summed E-state index contributed by atoms with van der Waals surface area (Å²) in [4.78, 5) is 59.6. The molecule has 15 heteroatoms. The van der Waals surface area contributed by atoms with Gasteiger partial charge in [0.25, 0.3) is 0 Å². The van der Waals surface area contributed by atoms with Gasteiger partial charge in [-0.05, 0) is 92.6 Å². The molecule has 0 saturated carbocycles. The molecule has 4 rings (SSSR count). The van der Waals surface area contributed by atoms with Crippen LogP contribution in [0, 0.1) is 23.3 Å². The van der Waals surface area contributed by atoms with Crippen LogP contribution in [-0.2, 0) is 36.8 Å². The molecule has 0 heterocycles. The lowest BCUT2D eigenvalue weighted by Crippen LogP contribution is -2.41. The first-order chi connectivity index (χ1) is 25.1. The Morgan fingerprint density at radius 3 is 1.51 bits per heavy atom. The summed E-state index contributed by atoms with van der Waals surface area (Å²) in [6.07, 6.45) is -0.631. The molecule has 0 aliphatic rings. The van der Waals surface area contributed by atoms with E-state index in [1.54, 1.807) is 69.3 Å². The number of carbonyl (C=O) groups is 5. The first-order valence-corrected chi connectivity index (χ1v) is 16.2. The van der Waals surface area contributed by atoms with Crippen molar-refractivity contribution in [3.8, 4) is 5.75 Å². The summed E-state index contributed by atoms with van der Waals surface area (Å²) in [6.45, 7) is 5.11. The quantitative estimate of drug-likeness (QED) is 0.103. The molecule has 4 aromatic carbocycles. The third-order valence-electron chi connectivity index (χ3n) is 7.12. The summed E-state index contributed by atoms with van der Waals surface area (Å²) in [5.74, 6) is -5.44. The number of imide groups is 2. The topological polar surface area (TPSA) is 152 Å². The highest BCUT2D eigenvalue weighted by Gasteiger charge is 2.18. The lowest BCUT2D eigenvalue weighted by molar-refractivity contribution is -0.131. The van der Waals surface area contributed by atoms with Crippen LogP contribution in [-0.4, -0.2) is 55.4 Å². The molecule has 280 valence electrons. The summed E-state index contributed by atoms with van der Waals surface area (Å²) < 4.78 is 62.5. The highest BCUT2D eigenvalue weighted by molar-refractivity contribution is 6.00. The first kappa shape index (κ1) is 41.2. The van der Waals surface area contributed by atoms with Crippen molar-refractivity contribution in [2.45, 2.75) is 45.7 Å². The highest BCUT2D eigenvalue weighted by atomic mass is 19.1. The number of rotatable bonds is 13. The fourth-order valence-electron chi connectivity index (χ4n) is 4.64. The number of halogens is 4. The van der Waals surface area contributed by atoms with E-state index >= 15 is 0 Å². The first-order valence-electron chi connectivity index (χ1n) is 16.2. The van der Waals surface area contributed by atoms with Gasteiger partial charge in [0.1, 0.15) is 41.1 Å². The van der Waals surface area contributed by atoms with E-state index in [0.29, 0.717) is 34.8 Å². The Bertz CT molecular complexity index is 1880. The molecule has 0 unspecified atom stereocenters. The van der Waals surface area contributed by atoms with Crippen LogP contribution in [0.25, 0.3) is 0 Å². The molecule has 11 nitrogen and oxygen atoms in total. The van der Waals surface area contributed by atoms with Gasteiger partial charge in [0, 0.05) is 29.6 Å². The molecule has 0 aromatic heterocycles. The van der Waals surface area contributed by atoms with E-state index in [2.05, 4.69) is 21.3 Å². The van der Waals surface area contributed by atoms with Crippen LogP contribution in [0.4, 0.5) is 28.9 Å². The second-order valence-corrected chi connectivity index (χ2v) is 11.5. The molecule has 0 aliphatic carbocycles. The van der Waals surface area contributed by atoms with Crippen molar-refractivity contribution in [2.75, 3.05) is 24.4 Å². The SMILES string of the molecule is CCOC(=O)c1ccc(N[C@@H](C)C(=O)NC(=O)Cc2cc(F)cc(F)c2)cc1.COc1cccc(N[C@@H](C)C(=O)NC(=O)Cc2cc(F)cc(F)c2)c1. The van der Waals surface area contributed by atoms with Crippen LogP contribution >= 0.6 is 0 Å². The Labute approximate surface area is 303 Å². The molecule has 0 spiro atoms. The maximum absolute atomic E-state index is 13.2. The number of amides is 4. The van der Waals surface area contributed by atoms with E-state index in [0.717, 1.165) is 24.3 Å². The van der Waals surface area contributed by atoms with E-state index < -0.39 is 65.0 Å². The van der Waals surface area contributed by atoms with Crippen molar-refractivity contribution in [3.63, 3.8) is 0 Å². The largest absolute Gasteiger partial charge is 0.497 e. The van der Waals surface area contributed by atoms with Crippen LogP contribution in [0.15, 0.2) is 84.9 Å². The summed E-state index contributed by atoms with van der Waals surface area (Å²) in [5.41, 5.74) is 1.87. The zero-order valence-electron chi connectivity index (χ0n) is 29.2. The average Bonchev–Trinajstić information content (AvgIpc) is 3.08. The van der Waals surface area contributed by atoms with Crippen molar-refractivity contribution in [2.24, 2.45) is 0 Å². The number of hydrogen-bond donors (Lipinski definition) is 4. The minimum Gasteiger partial charge on any atom is -0.497 e. The van der Waals surface area contributed by atoms with E-state index in [1.807, 2.05) is 0 Å². The monoisotopic (exact) mass is 738 g/mol. The highest BCUT2D eigenvalue weighted by Crippen LogP contribution is 2.18. The van der Waals surface area contributed by atoms with Crippen LogP contribution in [0.2, 0.25) is 0 Å². The normalized spacial score (nSPS) is 11.5. The summed E-state index contributed by atoms with van der Waals surface area (Å²) in [6, 6.07) is 17.4. The molecular formula is C38H38F4N4O7. The Balaban J connectivity index is 0.000000287. The maximum atomic E-state index is 13.2. The molecule has 0 bridgehead atoms. The van der Waals surface area contributed by atoms with Crippen molar-refractivity contribution in [3.05, 3.63) is 125 Å². The lowest BCUT2D eigenvalue weighted by Gasteiger charge is -2.15. The number of esters is 1. The average molecular weight is 739 g/mol. The maximum Gasteiger partial charge on any atom is 0.338 e. The van der Waals surface area contributed by atoms with Crippen LogP contribution in [0.1, 0.15) is 42.3 Å². The van der Waals surface area contributed by atoms with E-state index in [9.17, 15) is 41.5 Å². The molecule has 4 amide bonds. The van der Waals surface area contributed by atoms with Crippen LogP contribution in [0.3, 0.4) is 0 Å². The van der Waals surface area contributed by atoms with Gasteiger partial charge in [-0.2, -0.15) is 0 Å². The molecule has 0 fully saturated rings. The number of anilines is 2. The molecule has 0 aliphatic heterocycles. The molecule has 4 N–H and O–H groups in total. The second-order valence-electron chi connectivity index (χ2n) is 11.5. The zero-order chi connectivity index (χ0) is 39.1. The number of nitrogens with one attached hydrogen (secondary N) is 4. The molecule has 0 saturated heterocycles. The van der Waals surface area contributed by atoms with Crippen LogP contribution in [0.5, 0.6) is 5.75 Å². The Morgan fingerprint density at radius 2 is 1.08 bits per heavy atom. The van der Waals surface area contributed by atoms with Gasteiger partial charge in [-0.1, -0.05) is 6.07 Å². The number of hydrogen-bond acceptors (Lipinski definition) is 9. The Hall–Kier alpha value is -6.25. The van der Waals surface area contributed by atoms with Crippen LogP contribution < -0.4 is 26.0 Å². The molecule has 0 radical (unpaired) electrons. The summed E-state index contributed by atoms with van der Waals surface area (Å²) >= 11 is 0. The zero-order valence-corrected chi connectivity index (χ0v) is 29.2. The Kier molecular flexibility index (Phi) is 15.5. The van der Waals surface area contributed by atoms with Crippen molar-refractivity contribution >= 4 is 41.0 Å². The molecule has 53 heavy (non-hydrogen) atoms. The molecular weight excluding hydrogens is 700 g/mol. The van der Waals surface area contributed by atoms with Gasteiger partial charge in [0.15, 0.2) is 0 Å². The van der Waals surface area contributed by atoms with Gasteiger partial charge in [0.05, 0.1) is 32.1 Å². The number of benzene rings is 4. The Morgan fingerprint density at radius 1 is 0.623 bits per heavy atom. The van der Waals surface area contributed by atoms with E-state index in [4.69, 9.17) is 9.47 Å². The third-order valence-corrected chi connectivity index (χ3v) is 7.12. The number of methoxy groups -OCH3 is 1. The molecule has 2 atom stereocenters. The fourth-order valence-corrected chi connectivity index (χ4v) is 4.64. The van der Waals surface area contributed by atoms with E-state index in [1.165, 1.54) is 7.11 Å². The lowest BCUT2D eigenvalue weighted by atomic mass is 10.1. The smallest absolute Gasteiger partial charge is 0.338 e. The van der Waals surface area contributed by atoms with Gasteiger partial charge in [0.2, 0.25) is 23.6 Å². The van der Waals surface area contributed by atoms with Crippen molar-refractivity contribution < 1.29 is 51.0 Å². The standard InChI is InChI=1S/C20H20F2N2O4.C18H18F2N2O3/c1-3-28-20(27)14-4-6-17(7-5-14)23-12(2)19(26)24-18(25)10-13-8-15(21)11-16(22)9-13;1-11(21-15-4-3-5-16(10-15)25-2)18(24)22-17(23)8-12-6-13(19)9-14(20)7-12/h4-9,11-12,23H,3,10H2,1-2H3,(H,24,25,26);3-7,9-11,21H,8H2,1-2H3,(H,22,23,24)/t12-;11-/m00/s1. The summed E-state index contributed by atoms with van der Waals surface area (Å²) in [5, 5.41) is 10.2. The fraction of sp³-hybridized carbons (Fsp3) is 0.237. The minimum atomic E-state index is -0.796.